The van der Waals surface area contributed by atoms with Gasteiger partial charge in [-0.25, -0.2) is 0 Å². The molecule has 2 unspecified atom stereocenters. The van der Waals surface area contributed by atoms with Gasteiger partial charge in [0.15, 0.2) is 0 Å². The van der Waals surface area contributed by atoms with Crippen molar-refractivity contribution in [2.45, 2.75) is 77.6 Å². The second-order valence-electron chi connectivity index (χ2n) is 9.54. The first-order valence-electron chi connectivity index (χ1n) is 9.77. The Kier molecular flexibility index (Phi) is 2.67. The highest BCUT2D eigenvalue weighted by atomic mass is 14.8. The Morgan fingerprint density at radius 3 is 2.35 bits per heavy atom. The zero-order valence-electron chi connectivity index (χ0n) is 13.3. The molecule has 0 N–H and O–H groups in total. The Morgan fingerprint density at radius 2 is 1.70 bits per heavy atom. The molecule has 6 saturated carbocycles. The van der Waals surface area contributed by atoms with Gasteiger partial charge in [0, 0.05) is 0 Å². The van der Waals surface area contributed by atoms with Crippen LogP contribution in [-0.2, 0) is 0 Å². The molecule has 6 aliphatic rings. The summed E-state index contributed by atoms with van der Waals surface area (Å²) in [6.07, 6.45) is 17.4. The minimum absolute atomic E-state index is 0.886. The first kappa shape index (κ1) is 12.5. The molecule has 0 spiro atoms. The lowest BCUT2D eigenvalue weighted by Gasteiger charge is -2.35. The predicted octanol–water partition coefficient (Wildman–Crippen LogP) is 5.67. The molecule has 0 radical (unpaired) electrons. The predicted molar refractivity (Wildman–Crippen MR) is 83.3 cm³/mol. The Bertz CT molecular complexity index is 369. The summed E-state index contributed by atoms with van der Waals surface area (Å²) in [5.41, 5.74) is 0.886. The molecule has 0 amide bonds. The summed E-state index contributed by atoms with van der Waals surface area (Å²) in [5.74, 6) is 8.33. The van der Waals surface area contributed by atoms with Gasteiger partial charge in [0.25, 0.3) is 0 Å². The van der Waals surface area contributed by atoms with Crippen LogP contribution in [0.1, 0.15) is 77.6 Å². The third-order valence-electron chi connectivity index (χ3n) is 8.34. The van der Waals surface area contributed by atoms with E-state index in [1.165, 1.54) is 42.4 Å². The average Bonchev–Trinajstić information content (AvgIpc) is 3.32. The summed E-state index contributed by atoms with van der Waals surface area (Å²) in [7, 11) is 0. The van der Waals surface area contributed by atoms with Crippen molar-refractivity contribution in [2.75, 3.05) is 0 Å². The average molecular weight is 272 g/mol. The summed E-state index contributed by atoms with van der Waals surface area (Å²) in [4.78, 5) is 0. The third-order valence-corrected chi connectivity index (χ3v) is 8.34. The van der Waals surface area contributed by atoms with Gasteiger partial charge in [0.1, 0.15) is 0 Å². The van der Waals surface area contributed by atoms with Crippen molar-refractivity contribution in [1.29, 1.82) is 0 Å². The van der Waals surface area contributed by atoms with E-state index in [1.54, 1.807) is 57.8 Å². The second-order valence-corrected chi connectivity index (χ2v) is 9.54. The van der Waals surface area contributed by atoms with Crippen LogP contribution in [0.25, 0.3) is 0 Å². The van der Waals surface area contributed by atoms with Gasteiger partial charge in [0.05, 0.1) is 0 Å². The van der Waals surface area contributed by atoms with Crippen molar-refractivity contribution >= 4 is 0 Å². The lowest BCUT2D eigenvalue weighted by atomic mass is 9.70. The van der Waals surface area contributed by atoms with Crippen molar-refractivity contribution < 1.29 is 0 Å². The second kappa shape index (κ2) is 4.26. The van der Waals surface area contributed by atoms with Gasteiger partial charge in [-0.2, -0.15) is 0 Å². The highest BCUT2D eigenvalue weighted by molar-refractivity contribution is 5.24. The van der Waals surface area contributed by atoms with Crippen molar-refractivity contribution in [2.24, 2.45) is 46.8 Å². The van der Waals surface area contributed by atoms with Gasteiger partial charge in [-0.1, -0.05) is 39.0 Å². The molecule has 0 nitrogen and oxygen atoms in total. The molecule has 6 rings (SSSR count). The SMILES string of the molecule is CC1CCCC(CCCC2(C3CC4C5C(C3)C45)CC2)C1. The largest absolute Gasteiger partial charge is 0.0625 e. The molecule has 6 aliphatic carbocycles. The molecular formula is C20H32. The van der Waals surface area contributed by atoms with Crippen LogP contribution in [0.3, 0.4) is 0 Å². The first-order chi connectivity index (χ1) is 9.77. The molecule has 112 valence electrons. The summed E-state index contributed by atoms with van der Waals surface area (Å²) < 4.78 is 0. The lowest BCUT2D eigenvalue weighted by Crippen LogP contribution is -2.26. The van der Waals surface area contributed by atoms with E-state index in [0.29, 0.717) is 0 Å². The molecule has 2 bridgehead atoms. The van der Waals surface area contributed by atoms with Gasteiger partial charge in [-0.05, 0) is 85.4 Å². The molecule has 0 heterocycles. The fraction of sp³-hybridized carbons (Fsp3) is 1.00. The summed E-state index contributed by atoms with van der Waals surface area (Å²) in [6.45, 7) is 2.48. The lowest BCUT2D eigenvalue weighted by molar-refractivity contribution is 0.144. The molecule has 0 saturated heterocycles. The normalized spacial score (nSPS) is 54.1. The molecule has 0 aromatic heterocycles. The van der Waals surface area contributed by atoms with Crippen LogP contribution in [0.4, 0.5) is 0 Å². The van der Waals surface area contributed by atoms with Crippen molar-refractivity contribution in [1.82, 2.24) is 0 Å². The standard InChI is InChI=1S/C20H32/c1-13-4-2-5-14(10-13)6-3-7-20(8-9-20)15-11-16-18-17(12-15)19(16)18/h13-19H,2-12H2,1H3. The zero-order valence-corrected chi connectivity index (χ0v) is 13.3. The van der Waals surface area contributed by atoms with E-state index in [-0.39, 0.29) is 0 Å². The van der Waals surface area contributed by atoms with Crippen molar-refractivity contribution in [3.8, 4) is 0 Å². The molecule has 0 heteroatoms. The summed E-state index contributed by atoms with van der Waals surface area (Å²) in [5, 5.41) is 0. The number of fused-ring (bicyclic) bond motifs is 2. The van der Waals surface area contributed by atoms with E-state index in [4.69, 9.17) is 0 Å². The highest BCUT2D eigenvalue weighted by Gasteiger charge is 2.76. The van der Waals surface area contributed by atoms with Crippen LogP contribution in [-0.4, -0.2) is 0 Å². The Hall–Kier alpha value is 0. The fourth-order valence-electron chi connectivity index (χ4n) is 6.82. The maximum absolute atomic E-state index is 2.48. The molecular weight excluding hydrogens is 240 g/mol. The molecule has 0 aliphatic heterocycles. The third kappa shape index (κ3) is 1.92. The highest BCUT2D eigenvalue weighted by Crippen LogP contribution is 2.82. The fourth-order valence-corrected chi connectivity index (χ4v) is 6.82. The quantitative estimate of drug-likeness (QED) is 0.605. The van der Waals surface area contributed by atoms with Crippen LogP contribution < -0.4 is 0 Å². The Labute approximate surface area is 125 Å². The van der Waals surface area contributed by atoms with Crippen LogP contribution in [0.5, 0.6) is 0 Å². The van der Waals surface area contributed by atoms with Gasteiger partial charge >= 0.3 is 0 Å². The number of rotatable bonds is 5. The van der Waals surface area contributed by atoms with E-state index in [9.17, 15) is 0 Å². The number of hydrogen-bond acceptors (Lipinski definition) is 0. The van der Waals surface area contributed by atoms with E-state index in [1.807, 2.05) is 0 Å². The minimum Gasteiger partial charge on any atom is -0.0625 e. The van der Waals surface area contributed by atoms with Crippen LogP contribution in [0.2, 0.25) is 0 Å². The maximum Gasteiger partial charge on any atom is -0.0269 e. The molecule has 0 aromatic rings. The maximum atomic E-state index is 2.48. The summed E-state index contributed by atoms with van der Waals surface area (Å²) in [6, 6.07) is 0. The molecule has 2 atom stereocenters. The van der Waals surface area contributed by atoms with Crippen LogP contribution >= 0.6 is 0 Å². The minimum atomic E-state index is 0.886. The van der Waals surface area contributed by atoms with Gasteiger partial charge < -0.3 is 0 Å². The Balaban J connectivity index is 1.10. The van der Waals surface area contributed by atoms with E-state index in [2.05, 4.69) is 6.92 Å². The number of hydrogen-bond donors (Lipinski definition) is 0. The summed E-state index contributed by atoms with van der Waals surface area (Å²) >= 11 is 0. The zero-order chi connectivity index (χ0) is 13.3. The van der Waals surface area contributed by atoms with Gasteiger partial charge in [-0.3, -0.25) is 0 Å². The molecule has 6 fully saturated rings. The topological polar surface area (TPSA) is 0 Å². The van der Waals surface area contributed by atoms with Gasteiger partial charge in [-0.15, -0.1) is 0 Å². The van der Waals surface area contributed by atoms with Crippen molar-refractivity contribution in [3.63, 3.8) is 0 Å². The Morgan fingerprint density at radius 1 is 0.950 bits per heavy atom. The monoisotopic (exact) mass is 272 g/mol. The van der Waals surface area contributed by atoms with Crippen LogP contribution in [0.15, 0.2) is 0 Å². The molecule has 0 aromatic carbocycles. The van der Waals surface area contributed by atoms with E-state index >= 15 is 0 Å². The van der Waals surface area contributed by atoms with Crippen molar-refractivity contribution in [3.05, 3.63) is 0 Å². The van der Waals surface area contributed by atoms with Gasteiger partial charge in [0.2, 0.25) is 0 Å². The van der Waals surface area contributed by atoms with E-state index < -0.39 is 0 Å². The first-order valence-corrected chi connectivity index (χ1v) is 9.77. The molecule has 20 heavy (non-hydrogen) atoms. The smallest absolute Gasteiger partial charge is 0.0269 e. The van der Waals surface area contributed by atoms with Crippen LogP contribution in [0, 0.1) is 46.8 Å². The van der Waals surface area contributed by atoms with E-state index in [0.717, 1.165) is 17.3 Å².